The molecule has 0 saturated heterocycles. The molecule has 0 bridgehead atoms. The highest BCUT2D eigenvalue weighted by atomic mass is 14.9. The number of rotatable bonds is 5. The molecule has 0 aliphatic heterocycles. The average molecular weight is 586 g/mol. The van der Waals surface area contributed by atoms with Gasteiger partial charge in [-0.15, -0.1) is 0 Å². The van der Waals surface area contributed by atoms with E-state index >= 15 is 0 Å². The van der Waals surface area contributed by atoms with Crippen LogP contribution in [0.25, 0.3) is 88.5 Å². The molecule has 0 saturated carbocycles. The van der Waals surface area contributed by atoms with Crippen molar-refractivity contribution in [3.63, 3.8) is 0 Å². The van der Waals surface area contributed by atoms with Crippen molar-refractivity contribution in [2.45, 2.75) is 0 Å². The van der Waals surface area contributed by atoms with Crippen LogP contribution in [0.2, 0.25) is 0 Å². The van der Waals surface area contributed by atoms with Crippen LogP contribution in [0.1, 0.15) is 0 Å². The first-order valence-corrected chi connectivity index (χ1v) is 15.5. The van der Waals surface area contributed by atoms with E-state index in [1.54, 1.807) is 6.20 Å². The summed E-state index contributed by atoms with van der Waals surface area (Å²) in [5, 5.41) is 7.79. The van der Waals surface area contributed by atoms with Crippen molar-refractivity contribution in [3.05, 3.63) is 164 Å². The van der Waals surface area contributed by atoms with Gasteiger partial charge in [0.1, 0.15) is 0 Å². The van der Waals surface area contributed by atoms with Gasteiger partial charge in [-0.1, -0.05) is 140 Å². The molecule has 9 aromatic rings. The van der Waals surface area contributed by atoms with E-state index in [1.165, 1.54) is 43.4 Å². The largest absolute Gasteiger partial charge is 0.264 e. The maximum atomic E-state index is 5.05. The summed E-state index contributed by atoms with van der Waals surface area (Å²) < 4.78 is 0. The zero-order valence-corrected chi connectivity index (χ0v) is 24.9. The molecule has 3 nitrogen and oxygen atoms in total. The van der Waals surface area contributed by atoms with Crippen molar-refractivity contribution in [2.24, 2.45) is 0 Å². The number of pyridine rings is 1. The third kappa shape index (κ3) is 4.49. The van der Waals surface area contributed by atoms with Gasteiger partial charge in [-0.05, 0) is 66.7 Å². The van der Waals surface area contributed by atoms with Crippen LogP contribution in [0, 0.1) is 0 Å². The van der Waals surface area contributed by atoms with Gasteiger partial charge >= 0.3 is 0 Å². The summed E-state index contributed by atoms with van der Waals surface area (Å²) in [5.74, 6) is 0.709. The second-order valence-electron chi connectivity index (χ2n) is 11.7. The fourth-order valence-electron chi connectivity index (χ4n) is 6.63. The highest BCUT2D eigenvalue weighted by Gasteiger charge is 2.14. The zero-order chi connectivity index (χ0) is 30.5. The Labute approximate surface area is 266 Å². The van der Waals surface area contributed by atoms with Gasteiger partial charge in [0.2, 0.25) is 0 Å². The quantitative estimate of drug-likeness (QED) is 0.189. The van der Waals surface area contributed by atoms with Crippen LogP contribution in [0.15, 0.2) is 164 Å². The summed E-state index contributed by atoms with van der Waals surface area (Å²) in [4.78, 5) is 14.3. The zero-order valence-electron chi connectivity index (χ0n) is 24.9. The summed E-state index contributed by atoms with van der Waals surface area (Å²) in [6, 6.07) is 53.7. The highest BCUT2D eigenvalue weighted by molar-refractivity contribution is 6.25. The molecule has 0 radical (unpaired) electrons. The molecule has 46 heavy (non-hydrogen) atoms. The molecule has 0 fully saturated rings. The molecule has 2 aromatic heterocycles. The highest BCUT2D eigenvalue weighted by Crippen LogP contribution is 2.39. The molecule has 0 aliphatic rings. The number of nitrogens with zero attached hydrogens (tertiary/aromatic N) is 3. The molecule has 3 heteroatoms. The van der Waals surface area contributed by atoms with Crippen molar-refractivity contribution >= 4 is 32.3 Å². The smallest absolute Gasteiger partial charge is 0.160 e. The van der Waals surface area contributed by atoms with Gasteiger partial charge in [0.25, 0.3) is 0 Å². The van der Waals surface area contributed by atoms with E-state index in [9.17, 15) is 0 Å². The normalized spacial score (nSPS) is 11.5. The minimum atomic E-state index is 0.709. The first-order chi connectivity index (χ1) is 22.8. The summed E-state index contributed by atoms with van der Waals surface area (Å²) in [7, 11) is 0. The first-order valence-electron chi connectivity index (χ1n) is 15.5. The third-order valence-electron chi connectivity index (χ3n) is 8.95. The van der Waals surface area contributed by atoms with Crippen molar-refractivity contribution in [2.75, 3.05) is 0 Å². The Hall–Kier alpha value is -6.19. The Morgan fingerprint density at radius 3 is 1.63 bits per heavy atom. The maximum Gasteiger partial charge on any atom is 0.160 e. The molecule has 9 rings (SSSR count). The number of hydrogen-bond donors (Lipinski definition) is 0. The second-order valence-corrected chi connectivity index (χ2v) is 11.7. The fraction of sp³-hybridized carbons (Fsp3) is 0. The van der Waals surface area contributed by atoms with Crippen LogP contribution in [0.3, 0.4) is 0 Å². The molecule has 0 atom stereocenters. The minimum absolute atomic E-state index is 0.709. The van der Waals surface area contributed by atoms with Crippen LogP contribution in [0.5, 0.6) is 0 Å². The molecule has 0 spiro atoms. The summed E-state index contributed by atoms with van der Waals surface area (Å²) in [6.07, 6.45) is 3.68. The van der Waals surface area contributed by atoms with E-state index in [4.69, 9.17) is 9.97 Å². The Kier molecular flexibility index (Phi) is 6.14. The lowest BCUT2D eigenvalue weighted by atomic mass is 9.89. The molecule has 0 N–H and O–H groups in total. The van der Waals surface area contributed by atoms with Crippen LogP contribution in [-0.2, 0) is 0 Å². The Morgan fingerprint density at radius 1 is 0.370 bits per heavy atom. The van der Waals surface area contributed by atoms with E-state index in [-0.39, 0.29) is 0 Å². The van der Waals surface area contributed by atoms with Crippen molar-refractivity contribution in [3.8, 4) is 56.2 Å². The van der Waals surface area contributed by atoms with Crippen molar-refractivity contribution < 1.29 is 0 Å². The van der Waals surface area contributed by atoms with Gasteiger partial charge in [0.15, 0.2) is 5.82 Å². The Morgan fingerprint density at radius 2 is 0.957 bits per heavy atom. The lowest BCUT2D eigenvalue weighted by Crippen LogP contribution is -1.96. The summed E-state index contributed by atoms with van der Waals surface area (Å²) in [6.45, 7) is 0. The summed E-state index contributed by atoms with van der Waals surface area (Å²) in [5.41, 5.74) is 9.49. The van der Waals surface area contributed by atoms with Crippen LogP contribution < -0.4 is 0 Å². The molecule has 214 valence electrons. The summed E-state index contributed by atoms with van der Waals surface area (Å²) >= 11 is 0. The van der Waals surface area contributed by atoms with E-state index in [0.29, 0.717) is 5.82 Å². The van der Waals surface area contributed by atoms with Gasteiger partial charge in [-0.25, -0.2) is 9.97 Å². The SMILES string of the molecule is c1ccc(-c2nc(-c3ccc(-c4cccnc4)cc3)cc(-c3ccc(-c4ccc5ccc6cccc7ccc4c5c67)cc3)n2)cc1. The first kappa shape index (κ1) is 26.2. The van der Waals surface area contributed by atoms with Gasteiger partial charge in [0, 0.05) is 29.1 Å². The molecule has 0 amide bonds. The van der Waals surface area contributed by atoms with Crippen LogP contribution in [0.4, 0.5) is 0 Å². The van der Waals surface area contributed by atoms with Crippen LogP contribution >= 0.6 is 0 Å². The monoisotopic (exact) mass is 585 g/mol. The van der Waals surface area contributed by atoms with Gasteiger partial charge < -0.3 is 0 Å². The number of benzene rings is 7. The maximum absolute atomic E-state index is 5.05. The average Bonchev–Trinajstić information content (AvgIpc) is 3.14. The van der Waals surface area contributed by atoms with Crippen molar-refractivity contribution in [1.29, 1.82) is 0 Å². The van der Waals surface area contributed by atoms with Crippen molar-refractivity contribution in [1.82, 2.24) is 15.0 Å². The van der Waals surface area contributed by atoms with Crippen LogP contribution in [-0.4, -0.2) is 15.0 Å². The predicted octanol–water partition coefficient (Wildman–Crippen LogP) is 11.1. The molecule has 0 aliphatic carbocycles. The molecular weight excluding hydrogens is 558 g/mol. The predicted molar refractivity (Wildman–Crippen MR) is 191 cm³/mol. The number of aromatic nitrogens is 3. The second kappa shape index (κ2) is 10.8. The molecule has 2 heterocycles. The molecule has 7 aromatic carbocycles. The van der Waals surface area contributed by atoms with Gasteiger partial charge in [-0.3, -0.25) is 4.98 Å². The van der Waals surface area contributed by atoms with E-state index in [0.717, 1.165) is 39.2 Å². The third-order valence-corrected chi connectivity index (χ3v) is 8.95. The van der Waals surface area contributed by atoms with E-state index in [1.807, 2.05) is 30.5 Å². The Balaban J connectivity index is 1.13. The molecular formula is C43H27N3. The lowest BCUT2D eigenvalue weighted by molar-refractivity contribution is 1.18. The topological polar surface area (TPSA) is 38.7 Å². The Bertz CT molecular complexity index is 2470. The lowest BCUT2D eigenvalue weighted by Gasteiger charge is -2.14. The van der Waals surface area contributed by atoms with E-state index < -0.39 is 0 Å². The van der Waals surface area contributed by atoms with E-state index in [2.05, 4.69) is 132 Å². The standard InChI is InChI=1S/C43H27N3/c1-2-6-35(7-3-1)43-45-39(30-15-11-28(12-16-30)36-10-5-25-44-27-36)26-40(46-43)31-17-13-29(14-18-31)37-23-21-34-20-19-32-8-4-9-33-22-24-38(37)42(34)41(32)33/h1-27H. The number of hydrogen-bond acceptors (Lipinski definition) is 3. The van der Waals surface area contributed by atoms with Gasteiger partial charge in [0.05, 0.1) is 11.4 Å². The minimum Gasteiger partial charge on any atom is -0.264 e. The molecule has 0 unspecified atom stereocenters. The van der Waals surface area contributed by atoms with Gasteiger partial charge in [-0.2, -0.15) is 0 Å². The fourth-order valence-corrected chi connectivity index (χ4v) is 6.63.